The van der Waals surface area contributed by atoms with Crippen molar-refractivity contribution in [2.75, 3.05) is 12.3 Å². The maximum absolute atomic E-state index is 12.8. The van der Waals surface area contributed by atoms with Crippen molar-refractivity contribution in [1.29, 1.82) is 0 Å². The van der Waals surface area contributed by atoms with Gasteiger partial charge in [-0.05, 0) is 42.8 Å². The third-order valence-electron chi connectivity index (χ3n) is 3.84. The zero-order valence-electron chi connectivity index (χ0n) is 13.8. The van der Waals surface area contributed by atoms with Crippen molar-refractivity contribution in [3.8, 4) is 0 Å². The third kappa shape index (κ3) is 5.06. The number of rotatable bonds is 8. The molecule has 1 aromatic heterocycles. The van der Waals surface area contributed by atoms with Crippen molar-refractivity contribution in [2.24, 2.45) is 0 Å². The van der Waals surface area contributed by atoms with Crippen molar-refractivity contribution in [3.05, 3.63) is 60.7 Å². The summed E-state index contributed by atoms with van der Waals surface area (Å²) in [5.41, 5.74) is 2.11. The number of nitrogens with zero attached hydrogens (tertiary/aromatic N) is 2. The minimum absolute atomic E-state index is 0.0464. The van der Waals surface area contributed by atoms with Crippen LogP contribution in [-0.2, 0) is 11.3 Å². The van der Waals surface area contributed by atoms with Crippen LogP contribution in [0.25, 0.3) is 11.0 Å². The molecular weight excluding hydrogens is 337 g/mol. The summed E-state index contributed by atoms with van der Waals surface area (Å²) in [5.74, 6) is 0.488. The van der Waals surface area contributed by atoms with Crippen LogP contribution in [-0.4, -0.2) is 27.8 Å². The standard InChI is InChI=1S/C19H20FN3OS/c20-15-6-8-16(9-7-15)25-13-10-19(24)21-11-3-12-23-14-22-17-4-1-2-5-18(17)23/h1-2,4-9,14H,3,10-13H2,(H,21,24). The lowest BCUT2D eigenvalue weighted by Gasteiger charge is -2.07. The van der Waals surface area contributed by atoms with E-state index < -0.39 is 0 Å². The first-order chi connectivity index (χ1) is 12.2. The lowest BCUT2D eigenvalue weighted by molar-refractivity contribution is -0.120. The molecule has 1 N–H and O–H groups in total. The largest absolute Gasteiger partial charge is 0.356 e. The van der Waals surface area contributed by atoms with Gasteiger partial charge in [0.1, 0.15) is 5.82 Å². The first-order valence-corrected chi connectivity index (χ1v) is 9.26. The highest BCUT2D eigenvalue weighted by atomic mass is 32.2. The Kier molecular flexibility index (Phi) is 6.06. The number of aryl methyl sites for hydroxylation is 1. The van der Waals surface area contributed by atoms with E-state index >= 15 is 0 Å². The number of halogens is 1. The van der Waals surface area contributed by atoms with E-state index in [2.05, 4.69) is 14.9 Å². The molecule has 0 aliphatic heterocycles. The van der Waals surface area contributed by atoms with Gasteiger partial charge >= 0.3 is 0 Å². The minimum Gasteiger partial charge on any atom is -0.356 e. The number of carbonyl (C=O) groups is 1. The normalized spacial score (nSPS) is 10.9. The van der Waals surface area contributed by atoms with E-state index in [1.807, 2.05) is 30.6 Å². The molecule has 2 aromatic carbocycles. The molecule has 1 amide bonds. The Labute approximate surface area is 150 Å². The summed E-state index contributed by atoms with van der Waals surface area (Å²) in [5, 5.41) is 2.94. The molecule has 0 bridgehead atoms. The van der Waals surface area contributed by atoms with E-state index in [-0.39, 0.29) is 11.7 Å². The van der Waals surface area contributed by atoms with Gasteiger partial charge in [0.25, 0.3) is 0 Å². The predicted octanol–water partition coefficient (Wildman–Crippen LogP) is 3.86. The molecule has 0 unspecified atom stereocenters. The second-order valence-electron chi connectivity index (χ2n) is 5.68. The molecule has 0 saturated heterocycles. The molecule has 0 fully saturated rings. The number of imidazole rings is 1. The summed E-state index contributed by atoms with van der Waals surface area (Å²) in [6.45, 7) is 1.47. The summed E-state index contributed by atoms with van der Waals surface area (Å²) in [4.78, 5) is 17.2. The van der Waals surface area contributed by atoms with Gasteiger partial charge in [0.2, 0.25) is 5.91 Å². The second kappa shape index (κ2) is 8.67. The molecule has 130 valence electrons. The first-order valence-electron chi connectivity index (χ1n) is 8.27. The quantitative estimate of drug-likeness (QED) is 0.492. The molecule has 4 nitrogen and oxygen atoms in total. The fraction of sp³-hybridized carbons (Fsp3) is 0.263. The van der Waals surface area contributed by atoms with E-state index in [0.717, 1.165) is 28.9 Å². The predicted molar refractivity (Wildman–Crippen MR) is 99.1 cm³/mol. The molecule has 3 rings (SSSR count). The SMILES string of the molecule is O=C(CCSc1ccc(F)cc1)NCCCn1cnc2ccccc21. The number of benzene rings is 2. The lowest BCUT2D eigenvalue weighted by atomic mass is 10.3. The van der Waals surface area contributed by atoms with Crippen LogP contribution in [0.5, 0.6) is 0 Å². The molecule has 6 heteroatoms. The van der Waals surface area contributed by atoms with Crippen LogP contribution in [0.4, 0.5) is 4.39 Å². The highest BCUT2D eigenvalue weighted by Crippen LogP contribution is 2.18. The molecule has 25 heavy (non-hydrogen) atoms. The molecule has 0 aliphatic rings. The van der Waals surface area contributed by atoms with Crippen LogP contribution in [0.1, 0.15) is 12.8 Å². The number of para-hydroxylation sites is 2. The number of carbonyl (C=O) groups excluding carboxylic acids is 1. The Morgan fingerprint density at radius 2 is 1.96 bits per heavy atom. The van der Waals surface area contributed by atoms with Gasteiger partial charge in [0.15, 0.2) is 0 Å². The first kappa shape index (κ1) is 17.5. The maximum Gasteiger partial charge on any atom is 0.220 e. The van der Waals surface area contributed by atoms with Crippen LogP contribution in [0.3, 0.4) is 0 Å². The van der Waals surface area contributed by atoms with Crippen LogP contribution in [0, 0.1) is 5.82 Å². The number of amides is 1. The summed E-state index contributed by atoms with van der Waals surface area (Å²) >= 11 is 1.56. The average Bonchev–Trinajstić information content (AvgIpc) is 3.04. The summed E-state index contributed by atoms with van der Waals surface area (Å²) < 4.78 is 14.9. The molecule has 1 heterocycles. The Bertz CT molecular complexity index is 832. The van der Waals surface area contributed by atoms with Crippen LogP contribution in [0.2, 0.25) is 0 Å². The molecule has 0 aliphatic carbocycles. The Hall–Kier alpha value is -2.34. The summed E-state index contributed by atoms with van der Waals surface area (Å²) in [7, 11) is 0. The van der Waals surface area contributed by atoms with E-state index in [1.165, 1.54) is 12.1 Å². The number of hydrogen-bond acceptors (Lipinski definition) is 3. The van der Waals surface area contributed by atoms with Crippen molar-refractivity contribution in [2.45, 2.75) is 24.3 Å². The number of thioether (sulfide) groups is 1. The topological polar surface area (TPSA) is 46.9 Å². The van der Waals surface area contributed by atoms with E-state index in [0.29, 0.717) is 18.7 Å². The molecule has 0 atom stereocenters. The van der Waals surface area contributed by atoms with E-state index in [9.17, 15) is 9.18 Å². The van der Waals surface area contributed by atoms with Gasteiger partial charge in [-0.2, -0.15) is 0 Å². The lowest BCUT2D eigenvalue weighted by Crippen LogP contribution is -2.25. The molecule has 0 radical (unpaired) electrons. The fourth-order valence-electron chi connectivity index (χ4n) is 2.55. The van der Waals surface area contributed by atoms with Crippen LogP contribution < -0.4 is 5.32 Å². The van der Waals surface area contributed by atoms with Gasteiger partial charge in [-0.1, -0.05) is 12.1 Å². The number of nitrogens with one attached hydrogen (secondary N) is 1. The molecule has 0 spiro atoms. The minimum atomic E-state index is -0.243. The van der Waals surface area contributed by atoms with Gasteiger partial charge in [0, 0.05) is 30.2 Å². The Morgan fingerprint density at radius 3 is 2.80 bits per heavy atom. The zero-order chi connectivity index (χ0) is 17.5. The van der Waals surface area contributed by atoms with Gasteiger partial charge < -0.3 is 9.88 Å². The highest BCUT2D eigenvalue weighted by molar-refractivity contribution is 7.99. The third-order valence-corrected chi connectivity index (χ3v) is 4.85. The second-order valence-corrected chi connectivity index (χ2v) is 6.85. The van der Waals surface area contributed by atoms with Crippen LogP contribution in [0.15, 0.2) is 59.8 Å². The number of aromatic nitrogens is 2. The van der Waals surface area contributed by atoms with Crippen molar-refractivity contribution < 1.29 is 9.18 Å². The zero-order valence-corrected chi connectivity index (χ0v) is 14.6. The van der Waals surface area contributed by atoms with Crippen molar-refractivity contribution in [1.82, 2.24) is 14.9 Å². The fourth-order valence-corrected chi connectivity index (χ4v) is 3.40. The Morgan fingerprint density at radius 1 is 1.16 bits per heavy atom. The smallest absolute Gasteiger partial charge is 0.220 e. The maximum atomic E-state index is 12.8. The summed E-state index contributed by atoms with van der Waals surface area (Å²) in [6, 6.07) is 14.3. The number of hydrogen-bond donors (Lipinski definition) is 1. The van der Waals surface area contributed by atoms with E-state index in [4.69, 9.17) is 0 Å². The van der Waals surface area contributed by atoms with Gasteiger partial charge in [-0.25, -0.2) is 9.37 Å². The van der Waals surface area contributed by atoms with Crippen molar-refractivity contribution in [3.63, 3.8) is 0 Å². The number of fused-ring (bicyclic) bond motifs is 1. The molecular formula is C19H20FN3OS. The van der Waals surface area contributed by atoms with Crippen LogP contribution >= 0.6 is 11.8 Å². The van der Waals surface area contributed by atoms with E-state index in [1.54, 1.807) is 23.9 Å². The average molecular weight is 357 g/mol. The van der Waals surface area contributed by atoms with Gasteiger partial charge in [-0.3, -0.25) is 4.79 Å². The molecule has 3 aromatic rings. The Balaban J connectivity index is 1.33. The van der Waals surface area contributed by atoms with Crippen molar-refractivity contribution >= 4 is 28.7 Å². The summed E-state index contributed by atoms with van der Waals surface area (Å²) in [6.07, 6.45) is 3.15. The van der Waals surface area contributed by atoms with Gasteiger partial charge in [-0.15, -0.1) is 11.8 Å². The highest BCUT2D eigenvalue weighted by Gasteiger charge is 2.04. The monoisotopic (exact) mass is 357 g/mol. The molecule has 0 saturated carbocycles. The van der Waals surface area contributed by atoms with Gasteiger partial charge in [0.05, 0.1) is 17.4 Å².